The molecular formula is C23H21ClN2O5. The second kappa shape index (κ2) is 7.57. The zero-order valence-corrected chi connectivity index (χ0v) is 17.7. The molecule has 0 N–H and O–H groups in total. The number of ether oxygens (including phenoxy) is 1. The molecule has 7 nitrogen and oxygen atoms in total. The number of carbonyl (C=O) groups is 1. The van der Waals surface area contributed by atoms with Crippen molar-refractivity contribution < 1.29 is 13.9 Å². The molecule has 0 spiro atoms. The number of halogens is 1. The predicted octanol–water partition coefficient (Wildman–Crippen LogP) is 2.94. The average Bonchev–Trinajstić information content (AvgIpc) is 2.73. The highest BCUT2D eigenvalue weighted by Crippen LogP contribution is 2.35. The molecule has 160 valence electrons. The van der Waals surface area contributed by atoms with Gasteiger partial charge in [-0.05, 0) is 37.0 Å². The summed E-state index contributed by atoms with van der Waals surface area (Å²) in [5.41, 5.74) is 1.68. The lowest BCUT2D eigenvalue weighted by atomic mass is 9.83. The van der Waals surface area contributed by atoms with Crippen molar-refractivity contribution in [3.8, 4) is 5.75 Å². The number of piperidine rings is 1. The third-order valence-electron chi connectivity index (χ3n) is 6.19. The normalized spacial score (nSPS) is 19.9. The minimum absolute atomic E-state index is 0.0168. The van der Waals surface area contributed by atoms with Crippen LogP contribution in [0.15, 0.2) is 50.4 Å². The Morgan fingerprint density at radius 2 is 2.03 bits per heavy atom. The molecule has 0 aliphatic carbocycles. The van der Waals surface area contributed by atoms with E-state index in [1.807, 2.05) is 10.6 Å². The van der Waals surface area contributed by atoms with Crippen LogP contribution >= 0.6 is 11.6 Å². The second-order valence-electron chi connectivity index (χ2n) is 8.31. The maximum Gasteiger partial charge on any atom is 0.336 e. The summed E-state index contributed by atoms with van der Waals surface area (Å²) in [5, 5.41) is 1.07. The maximum atomic E-state index is 12.9. The Morgan fingerprint density at radius 3 is 2.87 bits per heavy atom. The van der Waals surface area contributed by atoms with E-state index in [0.717, 1.165) is 23.1 Å². The third kappa shape index (κ3) is 3.63. The summed E-state index contributed by atoms with van der Waals surface area (Å²) in [6.07, 6.45) is 0.975. The summed E-state index contributed by atoms with van der Waals surface area (Å²) in [6, 6.07) is 9.96. The summed E-state index contributed by atoms with van der Waals surface area (Å²) in [7, 11) is 0. The first-order valence-electron chi connectivity index (χ1n) is 10.2. The van der Waals surface area contributed by atoms with Crippen molar-refractivity contribution in [3.05, 3.63) is 73.5 Å². The smallest absolute Gasteiger partial charge is 0.336 e. The van der Waals surface area contributed by atoms with Gasteiger partial charge in [0.15, 0.2) is 6.61 Å². The van der Waals surface area contributed by atoms with Crippen molar-refractivity contribution in [2.75, 3.05) is 19.7 Å². The van der Waals surface area contributed by atoms with E-state index in [1.165, 1.54) is 6.07 Å². The molecule has 1 aromatic carbocycles. The van der Waals surface area contributed by atoms with E-state index in [9.17, 15) is 14.4 Å². The first-order valence-corrected chi connectivity index (χ1v) is 10.6. The number of benzene rings is 1. The van der Waals surface area contributed by atoms with Gasteiger partial charge < -0.3 is 18.6 Å². The monoisotopic (exact) mass is 440 g/mol. The molecule has 31 heavy (non-hydrogen) atoms. The van der Waals surface area contributed by atoms with E-state index >= 15 is 0 Å². The average molecular weight is 441 g/mol. The van der Waals surface area contributed by atoms with E-state index < -0.39 is 5.63 Å². The molecule has 1 saturated heterocycles. The number of carbonyl (C=O) groups excluding carboxylic acids is 1. The number of likely N-dealkylation sites (tertiary alicyclic amines) is 1. The van der Waals surface area contributed by atoms with Gasteiger partial charge in [0, 0.05) is 54.8 Å². The highest BCUT2D eigenvalue weighted by molar-refractivity contribution is 6.32. The molecule has 2 atom stereocenters. The molecule has 3 aromatic rings. The van der Waals surface area contributed by atoms with Gasteiger partial charge in [-0.25, -0.2) is 4.79 Å². The van der Waals surface area contributed by atoms with Crippen LogP contribution in [0.2, 0.25) is 5.02 Å². The second-order valence-corrected chi connectivity index (χ2v) is 8.72. The zero-order chi connectivity index (χ0) is 21.7. The molecule has 0 saturated carbocycles. The fraction of sp³-hybridized carbons (Fsp3) is 0.348. The van der Waals surface area contributed by atoms with Gasteiger partial charge in [-0.15, -0.1) is 0 Å². The minimum Gasteiger partial charge on any atom is -0.482 e. The summed E-state index contributed by atoms with van der Waals surface area (Å²) in [6.45, 7) is 3.42. The van der Waals surface area contributed by atoms with Gasteiger partial charge in [-0.2, -0.15) is 0 Å². The quantitative estimate of drug-likeness (QED) is 0.585. The van der Waals surface area contributed by atoms with E-state index in [-0.39, 0.29) is 29.9 Å². The zero-order valence-electron chi connectivity index (χ0n) is 17.0. The number of hydrogen-bond donors (Lipinski definition) is 0. The molecule has 1 fully saturated rings. The molecular weight excluding hydrogens is 420 g/mol. The fourth-order valence-electron chi connectivity index (χ4n) is 4.76. The van der Waals surface area contributed by atoms with Crippen LogP contribution in [0, 0.1) is 12.8 Å². The molecule has 5 rings (SSSR count). The van der Waals surface area contributed by atoms with Gasteiger partial charge in [0.25, 0.3) is 11.5 Å². The Morgan fingerprint density at radius 1 is 1.19 bits per heavy atom. The van der Waals surface area contributed by atoms with Crippen molar-refractivity contribution >= 4 is 28.5 Å². The minimum atomic E-state index is -0.450. The number of fused-ring (bicyclic) bond motifs is 5. The van der Waals surface area contributed by atoms with Crippen LogP contribution in [-0.2, 0) is 11.3 Å². The number of hydrogen-bond acceptors (Lipinski definition) is 5. The lowest BCUT2D eigenvalue weighted by molar-refractivity contribution is -0.136. The van der Waals surface area contributed by atoms with E-state index in [1.54, 1.807) is 36.1 Å². The number of pyridine rings is 1. The molecule has 8 heteroatoms. The van der Waals surface area contributed by atoms with E-state index in [0.29, 0.717) is 36.0 Å². The van der Waals surface area contributed by atoms with Crippen LogP contribution in [-0.4, -0.2) is 35.1 Å². The first kappa shape index (κ1) is 19.9. The lowest BCUT2D eigenvalue weighted by Crippen LogP contribution is -2.50. The molecule has 0 radical (unpaired) electrons. The van der Waals surface area contributed by atoms with Crippen molar-refractivity contribution in [2.24, 2.45) is 5.92 Å². The largest absolute Gasteiger partial charge is 0.482 e. The summed E-state index contributed by atoms with van der Waals surface area (Å²) in [4.78, 5) is 38.5. The van der Waals surface area contributed by atoms with Crippen LogP contribution in [0.5, 0.6) is 5.75 Å². The van der Waals surface area contributed by atoms with Crippen LogP contribution < -0.4 is 15.9 Å². The van der Waals surface area contributed by atoms with E-state index in [4.69, 9.17) is 20.8 Å². The highest BCUT2D eigenvalue weighted by atomic mass is 35.5. The van der Waals surface area contributed by atoms with Crippen LogP contribution in [0.3, 0.4) is 0 Å². The Bertz CT molecular complexity index is 1310. The standard InChI is InChI=1S/C23H21ClN2O5/c1-13-5-23(29)31-19-8-20(17(24)7-16(13)19)30-12-22(28)25-9-14-6-15(11-25)18-3-2-4-21(27)26(18)10-14/h2-5,7-8,14-15H,6,9-12H2,1H3/t14-,15?/m1/s1. The number of amides is 1. The van der Waals surface area contributed by atoms with Crippen molar-refractivity contribution in [3.63, 3.8) is 0 Å². The number of nitrogens with zero attached hydrogens (tertiary/aromatic N) is 2. The Labute approximate surface area is 182 Å². The number of rotatable bonds is 3. The van der Waals surface area contributed by atoms with Crippen molar-refractivity contribution in [1.82, 2.24) is 9.47 Å². The molecule has 2 aliphatic heterocycles. The van der Waals surface area contributed by atoms with Crippen molar-refractivity contribution in [2.45, 2.75) is 25.8 Å². The van der Waals surface area contributed by atoms with E-state index in [2.05, 4.69) is 0 Å². The summed E-state index contributed by atoms with van der Waals surface area (Å²) < 4.78 is 12.8. The topological polar surface area (TPSA) is 81.8 Å². The van der Waals surface area contributed by atoms with Gasteiger partial charge >= 0.3 is 5.63 Å². The Kier molecular flexibility index (Phi) is 4.85. The van der Waals surface area contributed by atoms with Gasteiger partial charge in [0.1, 0.15) is 11.3 Å². The van der Waals surface area contributed by atoms with Gasteiger partial charge in [0.05, 0.1) is 5.02 Å². The SMILES string of the molecule is Cc1cc(=O)oc2cc(OCC(=O)N3CC4C[C@H](C3)Cn3c4cccc3=O)c(Cl)cc12. The molecule has 2 aromatic heterocycles. The number of aryl methyl sites for hydroxylation is 1. The first-order chi connectivity index (χ1) is 14.9. The Balaban J connectivity index is 1.32. The van der Waals surface area contributed by atoms with Gasteiger partial charge in [0.2, 0.25) is 0 Å². The predicted molar refractivity (Wildman–Crippen MR) is 116 cm³/mol. The molecule has 2 aliphatic rings. The molecule has 4 heterocycles. The van der Waals surface area contributed by atoms with Gasteiger partial charge in [-0.3, -0.25) is 9.59 Å². The molecule has 2 bridgehead atoms. The lowest BCUT2D eigenvalue weighted by Gasteiger charge is -2.42. The van der Waals surface area contributed by atoms with Crippen LogP contribution in [0.25, 0.3) is 11.0 Å². The molecule has 1 amide bonds. The maximum absolute atomic E-state index is 12.9. The fourth-order valence-corrected chi connectivity index (χ4v) is 4.98. The van der Waals surface area contributed by atoms with Crippen LogP contribution in [0.4, 0.5) is 0 Å². The van der Waals surface area contributed by atoms with Crippen molar-refractivity contribution in [1.29, 1.82) is 0 Å². The third-order valence-corrected chi connectivity index (χ3v) is 6.48. The Hall–Kier alpha value is -3.06. The summed E-state index contributed by atoms with van der Waals surface area (Å²) in [5.74, 6) is 0.553. The molecule has 1 unspecified atom stereocenters. The van der Waals surface area contributed by atoms with Gasteiger partial charge in [-0.1, -0.05) is 17.7 Å². The number of aromatic nitrogens is 1. The van der Waals surface area contributed by atoms with Crippen LogP contribution in [0.1, 0.15) is 23.6 Å². The summed E-state index contributed by atoms with van der Waals surface area (Å²) >= 11 is 6.33. The highest BCUT2D eigenvalue weighted by Gasteiger charge is 2.36.